The van der Waals surface area contributed by atoms with Crippen molar-refractivity contribution in [2.24, 2.45) is 0 Å². The van der Waals surface area contributed by atoms with E-state index in [2.05, 4.69) is 31.7 Å². The van der Waals surface area contributed by atoms with Gasteiger partial charge in [-0.25, -0.2) is 9.97 Å². The van der Waals surface area contributed by atoms with Gasteiger partial charge in [0, 0.05) is 30.7 Å². The fourth-order valence-electron chi connectivity index (χ4n) is 3.72. The molecule has 0 saturated carbocycles. The van der Waals surface area contributed by atoms with Crippen molar-refractivity contribution in [1.29, 1.82) is 0 Å². The van der Waals surface area contributed by atoms with Crippen molar-refractivity contribution >= 4 is 33.7 Å². The maximum absolute atomic E-state index is 13.0. The molecule has 1 aromatic carbocycles. The molecule has 1 amide bonds. The maximum Gasteiger partial charge on any atom is 0.270 e. The number of carbonyl (C=O) groups is 1. The van der Waals surface area contributed by atoms with Gasteiger partial charge in [-0.2, -0.15) is 5.10 Å². The van der Waals surface area contributed by atoms with Gasteiger partial charge < -0.3 is 20.5 Å². The molecule has 0 radical (unpaired) electrons. The predicted octanol–water partition coefficient (Wildman–Crippen LogP) is 3.41. The van der Waals surface area contributed by atoms with Crippen molar-refractivity contribution in [2.75, 3.05) is 19.3 Å². The van der Waals surface area contributed by atoms with E-state index in [4.69, 9.17) is 5.73 Å². The molecule has 164 valence electrons. The third-order valence-corrected chi connectivity index (χ3v) is 5.46. The minimum absolute atomic E-state index is 0.0996. The molecule has 0 saturated heterocycles. The Morgan fingerprint density at radius 2 is 2.09 bits per heavy atom. The average molecular weight is 431 g/mol. The number of nitrogens with two attached hydrogens (primary N) is 1. The number of amides is 1. The smallest absolute Gasteiger partial charge is 0.270 e. The fraction of sp³-hybridized carbons (Fsp3) is 0.217. The Morgan fingerprint density at radius 3 is 2.75 bits per heavy atom. The van der Waals surface area contributed by atoms with Crippen molar-refractivity contribution in [3.63, 3.8) is 0 Å². The van der Waals surface area contributed by atoms with Crippen LogP contribution in [0, 0.1) is 0 Å². The number of benzene rings is 1. The van der Waals surface area contributed by atoms with Crippen molar-refractivity contribution < 1.29 is 4.79 Å². The van der Waals surface area contributed by atoms with E-state index in [0.717, 1.165) is 27.7 Å². The zero-order chi connectivity index (χ0) is 22.8. The topological polar surface area (TPSA) is 120 Å². The molecule has 4 rings (SSSR count). The lowest BCUT2D eigenvalue weighted by Gasteiger charge is -2.25. The van der Waals surface area contributed by atoms with Gasteiger partial charge in [0.2, 0.25) is 0 Å². The summed E-state index contributed by atoms with van der Waals surface area (Å²) < 4.78 is 0. The molecule has 0 aliphatic rings. The number of hydrogen-bond donors (Lipinski definition) is 3. The van der Waals surface area contributed by atoms with E-state index in [1.165, 1.54) is 0 Å². The van der Waals surface area contributed by atoms with Gasteiger partial charge in [0.15, 0.2) is 5.82 Å². The molecule has 9 nitrogen and oxygen atoms in total. The van der Waals surface area contributed by atoms with Crippen LogP contribution in [-0.2, 0) is 11.3 Å². The number of aromatic nitrogens is 5. The van der Waals surface area contributed by atoms with Gasteiger partial charge in [-0.3, -0.25) is 9.89 Å². The molecule has 4 N–H and O–H groups in total. The molecular weight excluding hydrogens is 404 g/mol. The summed E-state index contributed by atoms with van der Waals surface area (Å²) in [6, 6.07) is 7.82. The van der Waals surface area contributed by atoms with Crippen molar-refractivity contribution in [3.8, 4) is 11.3 Å². The number of rotatable bonds is 7. The van der Waals surface area contributed by atoms with Crippen LogP contribution in [0.2, 0.25) is 0 Å². The largest absolute Gasteiger partial charge is 0.382 e. The highest BCUT2D eigenvalue weighted by Gasteiger charge is 2.21. The Balaban J connectivity index is 1.71. The molecule has 3 aromatic heterocycles. The summed E-state index contributed by atoms with van der Waals surface area (Å²) in [5, 5.41) is 7.95. The van der Waals surface area contributed by atoms with Crippen LogP contribution in [0.15, 0.2) is 55.0 Å². The highest BCUT2D eigenvalue weighted by atomic mass is 16.2. The summed E-state index contributed by atoms with van der Waals surface area (Å²) in [7, 11) is 1.80. The number of hydrogen-bond acceptors (Lipinski definition) is 6. The molecule has 0 spiro atoms. The first kappa shape index (κ1) is 21.1. The highest BCUT2D eigenvalue weighted by molar-refractivity contribution is 6.07. The summed E-state index contributed by atoms with van der Waals surface area (Å²) >= 11 is 0. The molecule has 0 unspecified atom stereocenters. The molecule has 9 heteroatoms. The van der Waals surface area contributed by atoms with Crippen LogP contribution in [-0.4, -0.2) is 54.4 Å². The number of likely N-dealkylation sites (N-methyl/N-ethyl adjacent to an activating group) is 2. The summed E-state index contributed by atoms with van der Waals surface area (Å²) in [4.78, 5) is 29.0. The first-order valence-corrected chi connectivity index (χ1v) is 10.4. The number of imidazole rings is 1. The first-order valence-electron chi connectivity index (χ1n) is 10.4. The second-order valence-electron chi connectivity index (χ2n) is 7.38. The quantitative estimate of drug-likeness (QED) is 0.387. The highest BCUT2D eigenvalue weighted by Crippen LogP contribution is 2.29. The van der Waals surface area contributed by atoms with E-state index in [1.807, 2.05) is 38.1 Å². The number of nitrogen functional groups attached to an aromatic ring is 1. The number of fused-ring (bicyclic) bond motifs is 3. The predicted molar refractivity (Wildman–Crippen MR) is 126 cm³/mol. The number of nitrogens with zero attached hydrogens (tertiary/aromatic N) is 5. The van der Waals surface area contributed by atoms with Crippen LogP contribution in [0.1, 0.15) is 19.7 Å². The number of carbonyl (C=O) groups excluding carboxylic acids is 1. The molecular formula is C23H26N8O. The third-order valence-electron chi connectivity index (χ3n) is 5.46. The Morgan fingerprint density at radius 1 is 1.28 bits per heavy atom. The van der Waals surface area contributed by atoms with Crippen molar-refractivity contribution in [2.45, 2.75) is 20.4 Å². The van der Waals surface area contributed by atoms with Gasteiger partial charge in [-0.1, -0.05) is 18.7 Å². The van der Waals surface area contributed by atoms with Gasteiger partial charge in [-0.05, 0) is 38.2 Å². The minimum atomic E-state index is -0.0996. The molecule has 0 bridgehead atoms. The van der Waals surface area contributed by atoms with Gasteiger partial charge in [-0.15, -0.1) is 0 Å². The summed E-state index contributed by atoms with van der Waals surface area (Å²) in [6.45, 7) is 8.35. The third kappa shape index (κ3) is 3.68. The summed E-state index contributed by atoms with van der Waals surface area (Å²) in [5.74, 6) is 0.880. The normalized spacial score (nSPS) is 11.8. The monoisotopic (exact) mass is 430 g/mol. The Kier molecular flexibility index (Phi) is 5.63. The fourth-order valence-corrected chi connectivity index (χ4v) is 3.72. The maximum atomic E-state index is 13.0. The lowest BCUT2D eigenvalue weighted by atomic mass is 10.1. The summed E-state index contributed by atoms with van der Waals surface area (Å²) in [5.41, 5.74) is 10.7. The lowest BCUT2D eigenvalue weighted by molar-refractivity contribution is -0.128. The molecule has 4 aromatic rings. The molecule has 3 heterocycles. The zero-order valence-electron chi connectivity index (χ0n) is 18.4. The van der Waals surface area contributed by atoms with Crippen molar-refractivity contribution in [3.05, 3.63) is 60.8 Å². The second-order valence-corrected chi connectivity index (χ2v) is 7.38. The first-order chi connectivity index (χ1) is 15.5. The van der Waals surface area contributed by atoms with E-state index >= 15 is 0 Å². The lowest BCUT2D eigenvalue weighted by Crippen LogP contribution is -2.35. The Bertz CT molecular complexity index is 1320. The van der Waals surface area contributed by atoms with E-state index in [1.54, 1.807) is 35.3 Å². The molecule has 0 atom stereocenters. The van der Waals surface area contributed by atoms with Gasteiger partial charge in [0.1, 0.15) is 17.0 Å². The average Bonchev–Trinajstić information content (AvgIpc) is 3.48. The summed E-state index contributed by atoms with van der Waals surface area (Å²) in [6.07, 6.45) is 5.16. The van der Waals surface area contributed by atoms with Crippen molar-refractivity contribution in [1.82, 2.24) is 34.9 Å². The molecule has 0 fully saturated rings. The van der Waals surface area contributed by atoms with E-state index in [0.29, 0.717) is 35.9 Å². The van der Waals surface area contributed by atoms with Crippen LogP contribution in [0.4, 0.5) is 5.82 Å². The number of H-pyrrole nitrogens is 2. The SMILES string of the molecule is C=CN(C)/C(=C\C)C(=O)N(CC)Cc1nc2c(N)nc3cc(-c4cc[nH]n4)ccc3c2[nH]1. The second kappa shape index (κ2) is 8.54. The van der Waals surface area contributed by atoms with Crippen LogP contribution < -0.4 is 5.73 Å². The number of aromatic amines is 2. The van der Waals surface area contributed by atoms with Gasteiger partial charge in [0.25, 0.3) is 5.91 Å². The van der Waals surface area contributed by atoms with E-state index < -0.39 is 0 Å². The molecule has 0 aliphatic heterocycles. The number of allylic oxidation sites excluding steroid dienone is 1. The van der Waals surface area contributed by atoms with Crippen LogP contribution in [0.5, 0.6) is 0 Å². The Labute approximate surface area is 185 Å². The van der Waals surface area contributed by atoms with E-state index in [-0.39, 0.29) is 5.91 Å². The van der Waals surface area contributed by atoms with E-state index in [9.17, 15) is 4.79 Å². The number of nitrogens with one attached hydrogen (secondary N) is 2. The van der Waals surface area contributed by atoms with Crippen LogP contribution in [0.25, 0.3) is 33.2 Å². The minimum Gasteiger partial charge on any atom is -0.382 e. The van der Waals surface area contributed by atoms with Crippen LogP contribution in [0.3, 0.4) is 0 Å². The molecule has 32 heavy (non-hydrogen) atoms. The van der Waals surface area contributed by atoms with Gasteiger partial charge >= 0.3 is 0 Å². The Hall–Kier alpha value is -4.14. The molecule has 0 aliphatic carbocycles. The van der Waals surface area contributed by atoms with Crippen LogP contribution >= 0.6 is 0 Å². The number of anilines is 1. The zero-order valence-corrected chi connectivity index (χ0v) is 18.4. The number of pyridine rings is 1. The van der Waals surface area contributed by atoms with Gasteiger partial charge in [0.05, 0.1) is 23.3 Å². The standard InChI is InChI=1S/C23H26N8O/c1-5-18(30(4)6-2)23(32)31(7-3)13-19-27-20-15-9-8-14(16-10-11-25-29-16)12-17(15)26-22(24)21(20)28-19/h5-6,8-12H,2,7,13H2,1,3-4H3,(H2,24,26)(H,25,29)(H,27,28)/b18-5-.